The molecular formula is C9H12ClNOS. The Bertz CT molecular complexity index is 289. The number of hydrogen-bond acceptors (Lipinski definition) is 3. The summed E-state index contributed by atoms with van der Waals surface area (Å²) in [4.78, 5) is 2.23. The Hall–Kier alpha value is -0.0900. The van der Waals surface area contributed by atoms with Crippen molar-refractivity contribution in [2.75, 3.05) is 13.1 Å². The van der Waals surface area contributed by atoms with Crippen molar-refractivity contribution in [1.29, 1.82) is 0 Å². The van der Waals surface area contributed by atoms with Gasteiger partial charge in [0, 0.05) is 25.0 Å². The molecule has 2 nitrogen and oxygen atoms in total. The van der Waals surface area contributed by atoms with Gasteiger partial charge in [-0.05, 0) is 17.4 Å². The van der Waals surface area contributed by atoms with E-state index in [4.69, 9.17) is 11.6 Å². The van der Waals surface area contributed by atoms with Crippen LogP contribution in [0, 0.1) is 0 Å². The molecule has 1 aromatic rings. The predicted octanol–water partition coefficient (Wildman–Crippen LogP) is 1.97. The monoisotopic (exact) mass is 217 g/mol. The summed E-state index contributed by atoms with van der Waals surface area (Å²) in [5.41, 5.74) is 1.18. The van der Waals surface area contributed by atoms with Crippen molar-refractivity contribution in [1.82, 2.24) is 4.90 Å². The summed E-state index contributed by atoms with van der Waals surface area (Å²) >= 11 is 7.61. The van der Waals surface area contributed by atoms with Crippen molar-refractivity contribution in [2.24, 2.45) is 0 Å². The van der Waals surface area contributed by atoms with E-state index in [1.807, 2.05) is 5.38 Å². The molecule has 72 valence electrons. The molecule has 0 spiro atoms. The second-order valence-corrected chi connectivity index (χ2v) is 4.57. The van der Waals surface area contributed by atoms with Crippen LogP contribution in [0.15, 0.2) is 10.8 Å². The van der Waals surface area contributed by atoms with E-state index in [1.165, 1.54) is 5.56 Å². The molecule has 1 aliphatic heterocycles. The van der Waals surface area contributed by atoms with Crippen molar-refractivity contribution < 1.29 is 5.11 Å². The molecule has 1 saturated heterocycles. The van der Waals surface area contributed by atoms with Crippen LogP contribution in [0.2, 0.25) is 5.02 Å². The number of thiophene rings is 1. The lowest BCUT2D eigenvalue weighted by Gasteiger charge is -2.13. The van der Waals surface area contributed by atoms with Crippen LogP contribution in [-0.2, 0) is 6.54 Å². The molecule has 2 rings (SSSR count). The van der Waals surface area contributed by atoms with E-state index in [9.17, 15) is 5.11 Å². The fourth-order valence-corrected chi connectivity index (χ4v) is 2.66. The van der Waals surface area contributed by atoms with E-state index >= 15 is 0 Å². The number of nitrogens with zero attached hydrogens (tertiary/aromatic N) is 1. The van der Waals surface area contributed by atoms with Crippen LogP contribution in [0.25, 0.3) is 0 Å². The highest BCUT2D eigenvalue weighted by Crippen LogP contribution is 2.23. The number of halogens is 1. The summed E-state index contributed by atoms with van der Waals surface area (Å²) in [6.07, 6.45) is 0.749. The van der Waals surface area contributed by atoms with Gasteiger partial charge in [0.05, 0.1) is 11.1 Å². The minimum Gasteiger partial charge on any atom is -0.392 e. The summed E-state index contributed by atoms with van der Waals surface area (Å²) < 4.78 is 0. The zero-order chi connectivity index (χ0) is 9.26. The summed E-state index contributed by atoms with van der Waals surface area (Å²) in [7, 11) is 0. The van der Waals surface area contributed by atoms with Gasteiger partial charge in [-0.25, -0.2) is 0 Å². The lowest BCUT2D eigenvalue weighted by Crippen LogP contribution is -2.21. The second kappa shape index (κ2) is 3.96. The van der Waals surface area contributed by atoms with Gasteiger partial charge < -0.3 is 5.11 Å². The lowest BCUT2D eigenvalue weighted by molar-refractivity contribution is 0.175. The molecule has 1 atom stereocenters. The number of aliphatic hydroxyl groups is 1. The maximum atomic E-state index is 9.33. The van der Waals surface area contributed by atoms with Gasteiger partial charge in [-0.1, -0.05) is 11.6 Å². The van der Waals surface area contributed by atoms with Crippen LogP contribution in [0.4, 0.5) is 0 Å². The molecule has 0 radical (unpaired) electrons. The van der Waals surface area contributed by atoms with Gasteiger partial charge in [0.25, 0.3) is 0 Å². The van der Waals surface area contributed by atoms with Crippen LogP contribution < -0.4 is 0 Å². The minimum atomic E-state index is -0.141. The largest absolute Gasteiger partial charge is 0.392 e. The van der Waals surface area contributed by atoms with Crippen molar-refractivity contribution in [2.45, 2.75) is 19.1 Å². The molecule has 0 unspecified atom stereocenters. The average molecular weight is 218 g/mol. The fourth-order valence-electron chi connectivity index (χ4n) is 1.62. The first kappa shape index (κ1) is 9.46. The van der Waals surface area contributed by atoms with Crippen molar-refractivity contribution in [3.05, 3.63) is 21.3 Å². The fraction of sp³-hybridized carbons (Fsp3) is 0.556. The normalized spacial score (nSPS) is 24.0. The van der Waals surface area contributed by atoms with Gasteiger partial charge in [-0.15, -0.1) is 0 Å². The number of likely N-dealkylation sites (tertiary alicyclic amines) is 1. The molecule has 2 heterocycles. The topological polar surface area (TPSA) is 23.5 Å². The molecule has 0 aromatic carbocycles. The van der Waals surface area contributed by atoms with E-state index in [1.54, 1.807) is 11.3 Å². The number of hydrogen-bond donors (Lipinski definition) is 1. The van der Waals surface area contributed by atoms with E-state index in [2.05, 4.69) is 10.3 Å². The van der Waals surface area contributed by atoms with Gasteiger partial charge in [0.1, 0.15) is 0 Å². The van der Waals surface area contributed by atoms with E-state index in [0.29, 0.717) is 0 Å². The quantitative estimate of drug-likeness (QED) is 0.819. The average Bonchev–Trinajstić information content (AvgIpc) is 2.64. The van der Waals surface area contributed by atoms with Gasteiger partial charge in [-0.2, -0.15) is 11.3 Å². The first-order valence-corrected chi connectivity index (χ1v) is 5.69. The van der Waals surface area contributed by atoms with Crippen molar-refractivity contribution >= 4 is 22.9 Å². The Morgan fingerprint density at radius 2 is 2.46 bits per heavy atom. The minimum absolute atomic E-state index is 0.141. The zero-order valence-electron chi connectivity index (χ0n) is 7.24. The Balaban J connectivity index is 1.95. The number of rotatable bonds is 2. The van der Waals surface area contributed by atoms with Crippen LogP contribution >= 0.6 is 22.9 Å². The molecule has 1 N–H and O–H groups in total. The highest BCUT2D eigenvalue weighted by atomic mass is 35.5. The van der Waals surface area contributed by atoms with Gasteiger partial charge >= 0.3 is 0 Å². The summed E-state index contributed by atoms with van der Waals surface area (Å²) in [5, 5.41) is 14.2. The first-order valence-electron chi connectivity index (χ1n) is 4.36. The molecular weight excluding hydrogens is 206 g/mol. The third-order valence-corrected chi connectivity index (χ3v) is 3.60. The highest BCUT2D eigenvalue weighted by molar-refractivity contribution is 7.08. The molecule has 1 aromatic heterocycles. The molecule has 0 amide bonds. The maximum Gasteiger partial charge on any atom is 0.0679 e. The summed E-state index contributed by atoms with van der Waals surface area (Å²) in [6, 6.07) is 0. The Kier molecular flexibility index (Phi) is 2.89. The van der Waals surface area contributed by atoms with Crippen LogP contribution in [0.5, 0.6) is 0 Å². The first-order chi connectivity index (χ1) is 6.25. The van der Waals surface area contributed by atoms with Crippen LogP contribution in [-0.4, -0.2) is 29.2 Å². The van der Waals surface area contributed by atoms with E-state index in [-0.39, 0.29) is 6.10 Å². The third kappa shape index (κ3) is 2.23. The molecule has 1 fully saturated rings. The van der Waals surface area contributed by atoms with Crippen molar-refractivity contribution in [3.63, 3.8) is 0 Å². The van der Waals surface area contributed by atoms with E-state index < -0.39 is 0 Å². The zero-order valence-corrected chi connectivity index (χ0v) is 8.81. The summed E-state index contributed by atoms with van der Waals surface area (Å²) in [6.45, 7) is 2.64. The maximum absolute atomic E-state index is 9.33. The summed E-state index contributed by atoms with van der Waals surface area (Å²) in [5.74, 6) is 0. The molecule has 0 bridgehead atoms. The van der Waals surface area contributed by atoms with Crippen molar-refractivity contribution in [3.8, 4) is 0 Å². The molecule has 1 aliphatic rings. The van der Waals surface area contributed by atoms with Crippen LogP contribution in [0.1, 0.15) is 12.0 Å². The smallest absolute Gasteiger partial charge is 0.0679 e. The van der Waals surface area contributed by atoms with Gasteiger partial charge in [-0.3, -0.25) is 4.90 Å². The van der Waals surface area contributed by atoms with Gasteiger partial charge in [0.15, 0.2) is 0 Å². The van der Waals surface area contributed by atoms with E-state index in [0.717, 1.165) is 31.1 Å². The third-order valence-electron chi connectivity index (χ3n) is 2.33. The Labute approximate surface area is 86.7 Å². The molecule has 4 heteroatoms. The van der Waals surface area contributed by atoms with Crippen LogP contribution in [0.3, 0.4) is 0 Å². The standard InChI is InChI=1S/C9H12ClNOS/c10-9-6-13-5-7(9)3-11-2-1-8(12)4-11/h5-6,8,12H,1-4H2/t8-/m0/s1. The lowest BCUT2D eigenvalue weighted by atomic mass is 10.3. The van der Waals surface area contributed by atoms with Gasteiger partial charge in [0.2, 0.25) is 0 Å². The number of β-amino-alcohol motifs (C(OH)–C–C–N with tert-alkyl or cyclic N) is 1. The predicted molar refractivity (Wildman–Crippen MR) is 55.2 cm³/mol. The second-order valence-electron chi connectivity index (χ2n) is 3.42. The molecule has 0 aliphatic carbocycles. The molecule has 0 saturated carbocycles. The molecule has 13 heavy (non-hydrogen) atoms. The number of aliphatic hydroxyl groups excluding tert-OH is 1. The Morgan fingerprint density at radius 3 is 3.00 bits per heavy atom. The highest BCUT2D eigenvalue weighted by Gasteiger charge is 2.20. The SMILES string of the molecule is O[C@H]1CCN(Cc2cscc2Cl)C1. The Morgan fingerprint density at radius 1 is 1.62 bits per heavy atom.